The van der Waals surface area contributed by atoms with Gasteiger partial charge < -0.3 is 10.4 Å². The number of likely N-dealkylation sites (tertiary alicyclic amines) is 1. The zero-order chi connectivity index (χ0) is 19.5. The summed E-state index contributed by atoms with van der Waals surface area (Å²) in [6, 6.07) is 14.6. The fourth-order valence-corrected chi connectivity index (χ4v) is 3.38. The van der Waals surface area contributed by atoms with Gasteiger partial charge in [-0.2, -0.15) is 13.2 Å². The van der Waals surface area contributed by atoms with E-state index in [1.807, 2.05) is 30.3 Å². The molecular formula is C20H21F3N2O2. The molecule has 7 heteroatoms. The Morgan fingerprint density at radius 1 is 1.07 bits per heavy atom. The van der Waals surface area contributed by atoms with Gasteiger partial charge in [0.15, 0.2) is 0 Å². The number of carboxylic acids is 1. The Bertz CT molecular complexity index is 785. The maximum absolute atomic E-state index is 12.9. The highest BCUT2D eigenvalue weighted by Gasteiger charge is 2.42. The Morgan fingerprint density at radius 3 is 2.33 bits per heavy atom. The van der Waals surface area contributed by atoms with Gasteiger partial charge in [0.25, 0.3) is 0 Å². The minimum atomic E-state index is -4.47. The van der Waals surface area contributed by atoms with Crippen LogP contribution in [0.2, 0.25) is 0 Å². The molecular weight excluding hydrogens is 357 g/mol. The summed E-state index contributed by atoms with van der Waals surface area (Å²) in [4.78, 5) is 14.1. The summed E-state index contributed by atoms with van der Waals surface area (Å²) < 4.78 is 38.7. The van der Waals surface area contributed by atoms with Crippen LogP contribution in [0.4, 0.5) is 18.9 Å². The quantitative estimate of drug-likeness (QED) is 0.817. The van der Waals surface area contributed by atoms with Gasteiger partial charge in [0.05, 0.1) is 5.56 Å². The van der Waals surface area contributed by atoms with Crippen LogP contribution in [-0.2, 0) is 17.5 Å². The van der Waals surface area contributed by atoms with Crippen molar-refractivity contribution in [2.75, 3.05) is 18.4 Å². The van der Waals surface area contributed by atoms with E-state index in [4.69, 9.17) is 0 Å². The molecule has 2 aromatic rings. The molecule has 2 N–H and O–H groups in total. The number of rotatable bonds is 5. The number of hydrogen-bond acceptors (Lipinski definition) is 3. The molecule has 0 spiro atoms. The molecule has 3 rings (SSSR count). The molecule has 0 aromatic heterocycles. The lowest BCUT2D eigenvalue weighted by molar-refractivity contribution is -0.144. The van der Waals surface area contributed by atoms with Crippen LogP contribution in [0.1, 0.15) is 24.0 Å². The van der Waals surface area contributed by atoms with Crippen LogP contribution in [0, 0.1) is 0 Å². The lowest BCUT2D eigenvalue weighted by atomic mass is 9.87. The van der Waals surface area contributed by atoms with Gasteiger partial charge in [-0.25, -0.2) is 4.79 Å². The second-order valence-electron chi connectivity index (χ2n) is 6.85. The number of carboxylic acid groups (broad SMARTS) is 1. The van der Waals surface area contributed by atoms with Crippen molar-refractivity contribution in [1.82, 2.24) is 4.90 Å². The van der Waals surface area contributed by atoms with E-state index in [2.05, 4.69) is 10.2 Å². The first-order chi connectivity index (χ1) is 12.8. The summed E-state index contributed by atoms with van der Waals surface area (Å²) in [7, 11) is 0. The van der Waals surface area contributed by atoms with Crippen LogP contribution in [0.3, 0.4) is 0 Å². The smallest absolute Gasteiger partial charge is 0.416 e. The van der Waals surface area contributed by atoms with Crippen molar-refractivity contribution >= 4 is 11.7 Å². The molecule has 0 atom stereocenters. The second-order valence-corrected chi connectivity index (χ2v) is 6.85. The molecule has 2 aromatic carbocycles. The minimum absolute atomic E-state index is 0.170. The Morgan fingerprint density at radius 2 is 1.74 bits per heavy atom. The first-order valence-corrected chi connectivity index (χ1v) is 8.74. The first kappa shape index (κ1) is 19.2. The molecule has 1 saturated heterocycles. The molecule has 1 aliphatic rings. The van der Waals surface area contributed by atoms with Gasteiger partial charge in [-0.3, -0.25) is 4.90 Å². The van der Waals surface area contributed by atoms with Crippen LogP contribution < -0.4 is 5.32 Å². The highest BCUT2D eigenvalue weighted by molar-refractivity contribution is 5.83. The molecule has 1 aliphatic heterocycles. The molecule has 0 bridgehead atoms. The number of alkyl halides is 3. The largest absolute Gasteiger partial charge is 0.480 e. The van der Waals surface area contributed by atoms with E-state index in [0.717, 1.165) is 24.2 Å². The van der Waals surface area contributed by atoms with Crippen molar-refractivity contribution in [3.8, 4) is 0 Å². The van der Waals surface area contributed by atoms with Crippen molar-refractivity contribution in [1.29, 1.82) is 0 Å². The number of anilines is 1. The predicted octanol–water partition coefficient (Wildman–Crippen LogP) is 4.24. The average Bonchev–Trinajstić information content (AvgIpc) is 2.64. The van der Waals surface area contributed by atoms with Crippen LogP contribution in [0.25, 0.3) is 0 Å². The summed E-state index contributed by atoms with van der Waals surface area (Å²) >= 11 is 0. The van der Waals surface area contributed by atoms with Crippen molar-refractivity contribution in [3.63, 3.8) is 0 Å². The highest BCUT2D eigenvalue weighted by Crippen LogP contribution is 2.33. The fraction of sp³-hybridized carbons (Fsp3) is 0.350. The molecule has 0 saturated carbocycles. The standard InChI is InChI=1S/C20H21F3N2O2/c21-20(22,23)16-7-4-8-17(13-16)24-19(18(26)27)9-11-25(12-10-19)14-15-5-2-1-3-6-15/h1-8,13,24H,9-12,14H2,(H,26,27). The molecule has 0 amide bonds. The lowest BCUT2D eigenvalue weighted by Crippen LogP contribution is -2.54. The fourth-order valence-electron chi connectivity index (χ4n) is 3.38. The second kappa shape index (κ2) is 7.60. The Kier molecular flexibility index (Phi) is 5.41. The normalized spacial score (nSPS) is 17.4. The number of carbonyl (C=O) groups is 1. The summed E-state index contributed by atoms with van der Waals surface area (Å²) in [5, 5.41) is 12.6. The number of hydrogen-bond donors (Lipinski definition) is 2. The molecule has 1 heterocycles. The number of piperidine rings is 1. The molecule has 144 valence electrons. The van der Waals surface area contributed by atoms with Crippen molar-refractivity contribution in [2.45, 2.75) is 31.1 Å². The van der Waals surface area contributed by atoms with Gasteiger partial charge in [0.2, 0.25) is 0 Å². The number of aliphatic carboxylic acids is 1. The third-order valence-electron chi connectivity index (χ3n) is 4.94. The number of halogens is 3. The lowest BCUT2D eigenvalue weighted by Gasteiger charge is -2.40. The molecule has 0 aliphatic carbocycles. The van der Waals surface area contributed by atoms with E-state index < -0.39 is 23.2 Å². The Balaban J connectivity index is 1.70. The third kappa shape index (κ3) is 4.60. The summed E-state index contributed by atoms with van der Waals surface area (Å²) in [5.41, 5.74) is -0.748. The van der Waals surface area contributed by atoms with Crippen molar-refractivity contribution in [3.05, 3.63) is 65.7 Å². The van der Waals surface area contributed by atoms with Gasteiger partial charge >= 0.3 is 12.1 Å². The SMILES string of the molecule is O=C(O)C1(Nc2cccc(C(F)(F)F)c2)CCN(Cc2ccccc2)CC1. The monoisotopic (exact) mass is 378 g/mol. The summed E-state index contributed by atoms with van der Waals surface area (Å²) in [5.74, 6) is -1.04. The number of nitrogens with one attached hydrogen (secondary N) is 1. The van der Waals surface area contributed by atoms with Crippen molar-refractivity contribution in [2.24, 2.45) is 0 Å². The zero-order valence-corrected chi connectivity index (χ0v) is 14.7. The predicted molar refractivity (Wildman–Crippen MR) is 96.4 cm³/mol. The maximum atomic E-state index is 12.9. The van der Waals surface area contributed by atoms with Crippen LogP contribution in [-0.4, -0.2) is 34.6 Å². The minimum Gasteiger partial charge on any atom is -0.480 e. The summed E-state index contributed by atoms with van der Waals surface area (Å²) in [6.45, 7) is 1.82. The third-order valence-corrected chi connectivity index (χ3v) is 4.94. The van der Waals surface area contributed by atoms with E-state index in [-0.39, 0.29) is 5.69 Å². The van der Waals surface area contributed by atoms with E-state index in [0.29, 0.717) is 25.9 Å². The van der Waals surface area contributed by atoms with Gasteiger partial charge in [-0.1, -0.05) is 36.4 Å². The van der Waals surface area contributed by atoms with Gasteiger partial charge in [-0.15, -0.1) is 0 Å². The van der Waals surface area contributed by atoms with Gasteiger partial charge in [0.1, 0.15) is 5.54 Å². The van der Waals surface area contributed by atoms with E-state index in [9.17, 15) is 23.1 Å². The molecule has 0 unspecified atom stereocenters. The summed E-state index contributed by atoms with van der Waals surface area (Å²) in [6.07, 6.45) is -3.84. The Labute approximate surface area is 155 Å². The van der Waals surface area contributed by atoms with Gasteiger partial charge in [-0.05, 0) is 36.6 Å². The molecule has 27 heavy (non-hydrogen) atoms. The van der Waals surface area contributed by atoms with Crippen LogP contribution in [0.5, 0.6) is 0 Å². The zero-order valence-electron chi connectivity index (χ0n) is 14.7. The van der Waals surface area contributed by atoms with Crippen LogP contribution in [0.15, 0.2) is 54.6 Å². The topological polar surface area (TPSA) is 52.6 Å². The van der Waals surface area contributed by atoms with E-state index in [1.165, 1.54) is 12.1 Å². The molecule has 1 fully saturated rings. The first-order valence-electron chi connectivity index (χ1n) is 8.74. The molecule has 4 nitrogen and oxygen atoms in total. The molecule has 0 radical (unpaired) electrons. The number of nitrogens with zero attached hydrogens (tertiary/aromatic N) is 1. The van der Waals surface area contributed by atoms with Crippen LogP contribution >= 0.6 is 0 Å². The van der Waals surface area contributed by atoms with Gasteiger partial charge in [0, 0.05) is 25.3 Å². The van der Waals surface area contributed by atoms with E-state index >= 15 is 0 Å². The highest BCUT2D eigenvalue weighted by atomic mass is 19.4. The Hall–Kier alpha value is -2.54. The maximum Gasteiger partial charge on any atom is 0.416 e. The van der Waals surface area contributed by atoms with E-state index in [1.54, 1.807) is 0 Å². The number of benzene rings is 2. The average molecular weight is 378 g/mol. The van der Waals surface area contributed by atoms with Crippen molar-refractivity contribution < 1.29 is 23.1 Å².